The van der Waals surface area contributed by atoms with E-state index in [4.69, 9.17) is 10.5 Å². The van der Waals surface area contributed by atoms with E-state index in [0.717, 1.165) is 0 Å². The van der Waals surface area contributed by atoms with Crippen molar-refractivity contribution in [3.63, 3.8) is 0 Å². The standard InChI is InChI=1S/C14H18F2N2O3/c1-9(17)13(19)18-5-6-20-12(8-18)10-3-2-4-11(7-10)21-14(15)16/h2-4,7,9,12,14H,5-6,8,17H2,1H3/t9-,12-/m0/s1. The second kappa shape index (κ2) is 6.82. The van der Waals surface area contributed by atoms with E-state index in [1.807, 2.05) is 0 Å². The number of nitrogens with zero attached hydrogens (tertiary/aromatic N) is 1. The number of alkyl halides is 2. The molecule has 2 rings (SSSR count). The summed E-state index contributed by atoms with van der Waals surface area (Å²) >= 11 is 0. The zero-order valence-electron chi connectivity index (χ0n) is 11.7. The fourth-order valence-corrected chi connectivity index (χ4v) is 2.23. The SMILES string of the molecule is C[C@H](N)C(=O)N1CCO[C@H](c2cccc(OC(F)F)c2)C1. The van der Waals surface area contributed by atoms with Crippen molar-refractivity contribution < 1.29 is 23.0 Å². The molecule has 0 saturated carbocycles. The summed E-state index contributed by atoms with van der Waals surface area (Å²) < 4.78 is 34.4. The number of benzene rings is 1. The number of carbonyl (C=O) groups is 1. The highest BCUT2D eigenvalue weighted by Gasteiger charge is 2.27. The van der Waals surface area contributed by atoms with Gasteiger partial charge in [0.05, 0.1) is 19.2 Å². The van der Waals surface area contributed by atoms with Gasteiger partial charge in [0.2, 0.25) is 5.91 Å². The summed E-state index contributed by atoms with van der Waals surface area (Å²) in [6, 6.07) is 5.74. The van der Waals surface area contributed by atoms with Crippen LogP contribution in [-0.2, 0) is 9.53 Å². The third-order valence-electron chi connectivity index (χ3n) is 3.22. The van der Waals surface area contributed by atoms with Crippen LogP contribution >= 0.6 is 0 Å². The number of ether oxygens (including phenoxy) is 2. The first kappa shape index (κ1) is 15.7. The van der Waals surface area contributed by atoms with Gasteiger partial charge in [-0.05, 0) is 24.6 Å². The van der Waals surface area contributed by atoms with Crippen LogP contribution in [0.15, 0.2) is 24.3 Å². The van der Waals surface area contributed by atoms with E-state index < -0.39 is 12.7 Å². The van der Waals surface area contributed by atoms with Crippen molar-refractivity contribution in [2.45, 2.75) is 25.7 Å². The highest BCUT2D eigenvalue weighted by molar-refractivity contribution is 5.81. The van der Waals surface area contributed by atoms with Crippen molar-refractivity contribution in [1.82, 2.24) is 4.90 Å². The minimum atomic E-state index is -2.87. The second-order valence-corrected chi connectivity index (χ2v) is 4.88. The predicted octanol–water partition coefficient (Wildman–Crippen LogP) is 1.54. The Morgan fingerprint density at radius 1 is 1.52 bits per heavy atom. The van der Waals surface area contributed by atoms with Crippen LogP contribution < -0.4 is 10.5 Å². The van der Waals surface area contributed by atoms with Crippen LogP contribution in [0.4, 0.5) is 8.78 Å². The first-order valence-electron chi connectivity index (χ1n) is 6.68. The van der Waals surface area contributed by atoms with E-state index in [2.05, 4.69) is 4.74 Å². The first-order chi connectivity index (χ1) is 9.97. The van der Waals surface area contributed by atoms with Crippen LogP contribution in [0.5, 0.6) is 5.75 Å². The van der Waals surface area contributed by atoms with Crippen LogP contribution in [-0.4, -0.2) is 43.2 Å². The van der Waals surface area contributed by atoms with E-state index in [0.29, 0.717) is 25.3 Å². The van der Waals surface area contributed by atoms with Crippen LogP contribution in [0, 0.1) is 0 Å². The summed E-state index contributed by atoms with van der Waals surface area (Å²) in [5.41, 5.74) is 6.28. The topological polar surface area (TPSA) is 64.8 Å². The van der Waals surface area contributed by atoms with Crippen molar-refractivity contribution in [1.29, 1.82) is 0 Å². The third kappa shape index (κ3) is 4.12. The molecular formula is C14H18F2N2O3. The number of morpholine rings is 1. The van der Waals surface area contributed by atoms with Crippen LogP contribution in [0.1, 0.15) is 18.6 Å². The van der Waals surface area contributed by atoms with Gasteiger partial charge in [-0.1, -0.05) is 12.1 Å². The third-order valence-corrected chi connectivity index (χ3v) is 3.22. The molecule has 0 unspecified atom stereocenters. The molecule has 1 aliphatic rings. The van der Waals surface area contributed by atoms with E-state index in [1.165, 1.54) is 12.1 Å². The molecule has 0 radical (unpaired) electrons. The summed E-state index contributed by atoms with van der Waals surface area (Å²) in [5.74, 6) is -0.0787. The zero-order chi connectivity index (χ0) is 15.4. The molecule has 5 nitrogen and oxygen atoms in total. The number of hydrogen-bond acceptors (Lipinski definition) is 4. The quantitative estimate of drug-likeness (QED) is 0.916. The Morgan fingerprint density at radius 3 is 2.95 bits per heavy atom. The fraction of sp³-hybridized carbons (Fsp3) is 0.500. The Kier molecular flexibility index (Phi) is 5.08. The summed E-state index contributed by atoms with van der Waals surface area (Å²) in [6.07, 6.45) is -0.373. The summed E-state index contributed by atoms with van der Waals surface area (Å²) in [4.78, 5) is 13.5. The molecule has 0 aliphatic carbocycles. The molecule has 2 atom stereocenters. The Balaban J connectivity index is 2.09. The largest absolute Gasteiger partial charge is 0.435 e. The average molecular weight is 300 g/mol. The molecule has 1 amide bonds. The van der Waals surface area contributed by atoms with Gasteiger partial charge in [-0.2, -0.15) is 8.78 Å². The maximum absolute atomic E-state index is 12.2. The van der Waals surface area contributed by atoms with Crippen molar-refractivity contribution in [2.24, 2.45) is 5.73 Å². The molecular weight excluding hydrogens is 282 g/mol. The van der Waals surface area contributed by atoms with Crippen molar-refractivity contribution in [3.05, 3.63) is 29.8 Å². The van der Waals surface area contributed by atoms with Gasteiger partial charge in [0.15, 0.2) is 0 Å². The number of halogens is 2. The normalized spacial score (nSPS) is 20.4. The van der Waals surface area contributed by atoms with Gasteiger partial charge in [-0.3, -0.25) is 4.79 Å². The molecule has 1 saturated heterocycles. The monoisotopic (exact) mass is 300 g/mol. The maximum atomic E-state index is 12.2. The molecule has 0 aromatic heterocycles. The molecule has 1 aromatic rings. The minimum Gasteiger partial charge on any atom is -0.435 e. The number of amides is 1. The van der Waals surface area contributed by atoms with Crippen molar-refractivity contribution in [2.75, 3.05) is 19.7 Å². The van der Waals surface area contributed by atoms with Gasteiger partial charge in [0.25, 0.3) is 0 Å². The highest BCUT2D eigenvalue weighted by atomic mass is 19.3. The Morgan fingerprint density at radius 2 is 2.29 bits per heavy atom. The van der Waals surface area contributed by atoms with E-state index in [1.54, 1.807) is 24.0 Å². The van der Waals surface area contributed by atoms with Crippen LogP contribution in [0.3, 0.4) is 0 Å². The predicted molar refractivity (Wildman–Crippen MR) is 72.0 cm³/mol. The molecule has 2 N–H and O–H groups in total. The number of nitrogens with two attached hydrogens (primary N) is 1. The molecule has 1 fully saturated rings. The summed E-state index contributed by atoms with van der Waals surface area (Å²) in [7, 11) is 0. The molecule has 7 heteroatoms. The Bertz CT molecular complexity index is 497. The lowest BCUT2D eigenvalue weighted by atomic mass is 10.1. The summed E-state index contributed by atoms with van der Waals surface area (Å²) in [5, 5.41) is 0. The summed E-state index contributed by atoms with van der Waals surface area (Å²) in [6.45, 7) is -0.0427. The van der Waals surface area contributed by atoms with E-state index in [-0.39, 0.29) is 17.8 Å². The van der Waals surface area contributed by atoms with Gasteiger partial charge >= 0.3 is 6.61 Å². The van der Waals surface area contributed by atoms with E-state index >= 15 is 0 Å². The van der Waals surface area contributed by atoms with E-state index in [9.17, 15) is 13.6 Å². The lowest BCUT2D eigenvalue weighted by Crippen LogP contribution is -2.48. The molecule has 0 spiro atoms. The van der Waals surface area contributed by atoms with Gasteiger partial charge in [0, 0.05) is 6.54 Å². The molecule has 1 aliphatic heterocycles. The fourth-order valence-electron chi connectivity index (χ4n) is 2.23. The number of rotatable bonds is 4. The van der Waals surface area contributed by atoms with Crippen LogP contribution in [0.2, 0.25) is 0 Å². The molecule has 1 aromatic carbocycles. The Hall–Kier alpha value is -1.73. The van der Waals surface area contributed by atoms with Crippen LogP contribution in [0.25, 0.3) is 0 Å². The second-order valence-electron chi connectivity index (χ2n) is 4.88. The van der Waals surface area contributed by atoms with Gasteiger partial charge in [-0.25, -0.2) is 0 Å². The minimum absolute atomic E-state index is 0.0711. The highest BCUT2D eigenvalue weighted by Crippen LogP contribution is 2.26. The maximum Gasteiger partial charge on any atom is 0.387 e. The van der Waals surface area contributed by atoms with Gasteiger partial charge in [0.1, 0.15) is 11.9 Å². The first-order valence-corrected chi connectivity index (χ1v) is 6.68. The van der Waals surface area contributed by atoms with Crippen molar-refractivity contribution >= 4 is 5.91 Å². The number of carbonyl (C=O) groups excluding carboxylic acids is 1. The smallest absolute Gasteiger partial charge is 0.387 e. The molecule has 116 valence electrons. The lowest BCUT2D eigenvalue weighted by molar-refractivity contribution is -0.140. The van der Waals surface area contributed by atoms with Crippen molar-refractivity contribution in [3.8, 4) is 5.75 Å². The lowest BCUT2D eigenvalue weighted by Gasteiger charge is -2.34. The molecule has 21 heavy (non-hydrogen) atoms. The van der Waals surface area contributed by atoms with Gasteiger partial charge < -0.3 is 20.1 Å². The molecule has 0 bridgehead atoms. The van der Waals surface area contributed by atoms with Gasteiger partial charge in [-0.15, -0.1) is 0 Å². The Labute approximate surface area is 121 Å². The molecule has 1 heterocycles. The number of hydrogen-bond donors (Lipinski definition) is 1. The zero-order valence-corrected chi connectivity index (χ0v) is 11.7. The average Bonchev–Trinajstić information content (AvgIpc) is 2.46.